The van der Waals surface area contributed by atoms with Crippen LogP contribution in [0.2, 0.25) is 0 Å². The lowest BCUT2D eigenvalue weighted by atomic mass is 10.0. The molecule has 1 aliphatic rings. The number of hydrogen-bond acceptors (Lipinski definition) is 4. The molecule has 0 spiro atoms. The van der Waals surface area contributed by atoms with Gasteiger partial charge in [-0.15, -0.1) is 0 Å². The maximum absolute atomic E-state index is 13.4. The van der Waals surface area contributed by atoms with E-state index in [2.05, 4.69) is 63.2 Å². The van der Waals surface area contributed by atoms with E-state index in [1.54, 1.807) is 11.3 Å². The van der Waals surface area contributed by atoms with Crippen LogP contribution in [-0.4, -0.2) is 30.1 Å². The second-order valence-corrected chi connectivity index (χ2v) is 9.34. The van der Waals surface area contributed by atoms with Crippen molar-refractivity contribution >= 4 is 32.6 Å². The average molecular weight is 423 g/mol. The summed E-state index contributed by atoms with van der Waals surface area (Å²) in [6.07, 6.45) is 3.46. The molecule has 0 N–H and O–H groups in total. The summed E-state index contributed by atoms with van der Waals surface area (Å²) in [4.78, 5) is 20.1. The van der Waals surface area contributed by atoms with E-state index in [4.69, 9.17) is 9.72 Å². The molecule has 158 valence electrons. The molecule has 0 bridgehead atoms. The molecule has 0 radical (unpaired) electrons. The van der Waals surface area contributed by atoms with Crippen LogP contribution in [0.25, 0.3) is 10.2 Å². The van der Waals surface area contributed by atoms with Gasteiger partial charge in [-0.1, -0.05) is 68.5 Å². The molecule has 0 aliphatic carbocycles. The van der Waals surface area contributed by atoms with Gasteiger partial charge in [0.1, 0.15) is 0 Å². The normalized spacial score (nSPS) is 16.5. The van der Waals surface area contributed by atoms with Crippen LogP contribution in [0.1, 0.15) is 56.2 Å². The van der Waals surface area contributed by atoms with E-state index in [9.17, 15) is 4.79 Å². The monoisotopic (exact) mass is 422 g/mol. The molecule has 5 heteroatoms. The van der Waals surface area contributed by atoms with Crippen LogP contribution in [0, 0.1) is 0 Å². The molecule has 2 heterocycles. The predicted octanol–water partition coefficient (Wildman–Crippen LogP) is 5.74. The van der Waals surface area contributed by atoms with E-state index in [1.165, 1.54) is 11.1 Å². The highest BCUT2D eigenvalue weighted by Crippen LogP contribution is 2.32. The first-order valence-electron chi connectivity index (χ1n) is 10.9. The summed E-state index contributed by atoms with van der Waals surface area (Å²) in [5, 5.41) is 0.783. The molecule has 1 amide bonds. The number of hydrogen-bond donors (Lipinski definition) is 0. The van der Waals surface area contributed by atoms with E-state index in [0.29, 0.717) is 18.9 Å². The molecule has 30 heavy (non-hydrogen) atoms. The first-order chi connectivity index (χ1) is 14.5. The fraction of sp³-hybridized carbons (Fsp3) is 0.440. The summed E-state index contributed by atoms with van der Waals surface area (Å²) >= 11 is 1.60. The molecule has 1 aromatic heterocycles. The largest absolute Gasteiger partial charge is 0.376 e. The van der Waals surface area contributed by atoms with Crippen LogP contribution < -0.4 is 4.90 Å². The topological polar surface area (TPSA) is 42.4 Å². The fourth-order valence-corrected chi connectivity index (χ4v) is 5.00. The maximum atomic E-state index is 13.4. The summed E-state index contributed by atoms with van der Waals surface area (Å²) in [6, 6.07) is 14.7. The molecular formula is C25H30N2O2S. The summed E-state index contributed by atoms with van der Waals surface area (Å²) in [7, 11) is 0. The zero-order chi connectivity index (χ0) is 21.1. The molecule has 0 saturated carbocycles. The Morgan fingerprint density at radius 3 is 2.70 bits per heavy atom. The Labute approximate surface area is 182 Å². The van der Waals surface area contributed by atoms with Crippen molar-refractivity contribution in [2.45, 2.75) is 58.5 Å². The van der Waals surface area contributed by atoms with Crippen molar-refractivity contribution in [3.05, 3.63) is 59.2 Å². The lowest BCUT2D eigenvalue weighted by Crippen LogP contribution is -2.38. The molecule has 1 fully saturated rings. The Hall–Kier alpha value is -2.24. The molecular weight excluding hydrogens is 392 g/mol. The molecule has 1 unspecified atom stereocenters. The van der Waals surface area contributed by atoms with Crippen molar-refractivity contribution in [1.29, 1.82) is 0 Å². The number of carbonyl (C=O) groups excluding carboxylic acids is 1. The van der Waals surface area contributed by atoms with Crippen molar-refractivity contribution in [3.8, 4) is 0 Å². The highest BCUT2D eigenvalue weighted by molar-refractivity contribution is 7.22. The number of aromatic nitrogens is 1. The van der Waals surface area contributed by atoms with Crippen molar-refractivity contribution in [1.82, 2.24) is 4.98 Å². The average Bonchev–Trinajstić information content (AvgIpc) is 3.41. The maximum Gasteiger partial charge on any atom is 0.233 e. The zero-order valence-corrected chi connectivity index (χ0v) is 18.9. The van der Waals surface area contributed by atoms with Crippen LogP contribution in [0.5, 0.6) is 0 Å². The highest BCUT2D eigenvalue weighted by atomic mass is 32.1. The number of rotatable bonds is 7. The SMILES string of the molecule is CCc1cccc2sc(N(CC3CCCO3)C(=O)Cc3ccc(C(C)C)cc3)nc12. The lowest BCUT2D eigenvalue weighted by Gasteiger charge is -2.23. The number of nitrogens with zero attached hydrogens (tertiary/aromatic N) is 2. The molecule has 3 aromatic rings. The predicted molar refractivity (Wildman–Crippen MR) is 125 cm³/mol. The Balaban J connectivity index is 1.61. The summed E-state index contributed by atoms with van der Waals surface area (Å²) in [6.45, 7) is 7.86. The van der Waals surface area contributed by atoms with E-state index < -0.39 is 0 Å². The minimum atomic E-state index is 0.0832. The third kappa shape index (κ3) is 4.57. The third-order valence-electron chi connectivity index (χ3n) is 5.82. The number of benzene rings is 2. The van der Waals surface area contributed by atoms with Crippen LogP contribution in [0.4, 0.5) is 5.13 Å². The fourth-order valence-electron chi connectivity index (χ4n) is 3.96. The standard InChI is InChI=1S/C25H30N2O2S/c1-4-19-7-5-9-22-24(19)26-25(30-22)27(16-21-8-6-14-29-21)23(28)15-18-10-12-20(13-11-18)17(2)3/h5,7,9-13,17,21H,4,6,8,14-16H2,1-3H3. The summed E-state index contributed by atoms with van der Waals surface area (Å²) < 4.78 is 6.98. The van der Waals surface area contributed by atoms with Gasteiger partial charge in [-0.05, 0) is 47.9 Å². The smallest absolute Gasteiger partial charge is 0.233 e. The van der Waals surface area contributed by atoms with Crippen LogP contribution in [0.3, 0.4) is 0 Å². The molecule has 4 rings (SSSR count). The highest BCUT2D eigenvalue weighted by Gasteiger charge is 2.26. The number of para-hydroxylation sites is 1. The van der Waals surface area contributed by atoms with E-state index in [1.807, 2.05) is 4.90 Å². The first-order valence-corrected chi connectivity index (χ1v) is 11.8. The quantitative estimate of drug-likeness (QED) is 0.488. The number of amides is 1. The van der Waals surface area contributed by atoms with Gasteiger partial charge in [0.25, 0.3) is 0 Å². The van der Waals surface area contributed by atoms with Gasteiger partial charge < -0.3 is 4.74 Å². The van der Waals surface area contributed by atoms with Gasteiger partial charge in [-0.25, -0.2) is 4.98 Å². The summed E-state index contributed by atoms with van der Waals surface area (Å²) in [5.74, 6) is 0.571. The number of anilines is 1. The number of aryl methyl sites for hydroxylation is 1. The molecule has 2 aromatic carbocycles. The third-order valence-corrected chi connectivity index (χ3v) is 6.86. The second kappa shape index (κ2) is 9.27. The van der Waals surface area contributed by atoms with Gasteiger partial charge in [0.2, 0.25) is 5.91 Å². The second-order valence-electron chi connectivity index (χ2n) is 8.33. The molecule has 1 aliphatic heterocycles. The van der Waals surface area contributed by atoms with E-state index >= 15 is 0 Å². The minimum Gasteiger partial charge on any atom is -0.376 e. The van der Waals surface area contributed by atoms with Gasteiger partial charge in [0.15, 0.2) is 5.13 Å². The molecule has 1 saturated heterocycles. The van der Waals surface area contributed by atoms with E-state index in [0.717, 1.165) is 46.8 Å². The Morgan fingerprint density at radius 1 is 1.23 bits per heavy atom. The van der Waals surface area contributed by atoms with Gasteiger partial charge in [-0.3, -0.25) is 9.69 Å². The molecule has 4 nitrogen and oxygen atoms in total. The van der Waals surface area contributed by atoms with Crippen molar-refractivity contribution in [3.63, 3.8) is 0 Å². The van der Waals surface area contributed by atoms with Gasteiger partial charge in [0, 0.05) is 6.61 Å². The van der Waals surface area contributed by atoms with Crippen LogP contribution in [0.15, 0.2) is 42.5 Å². The van der Waals surface area contributed by atoms with Crippen LogP contribution in [-0.2, 0) is 22.4 Å². The zero-order valence-electron chi connectivity index (χ0n) is 18.1. The van der Waals surface area contributed by atoms with Gasteiger partial charge in [-0.2, -0.15) is 0 Å². The molecule has 1 atom stereocenters. The van der Waals surface area contributed by atoms with Gasteiger partial charge >= 0.3 is 0 Å². The summed E-state index contributed by atoms with van der Waals surface area (Å²) in [5.41, 5.74) is 4.58. The van der Waals surface area contributed by atoms with Crippen molar-refractivity contribution in [2.24, 2.45) is 0 Å². The first kappa shape index (κ1) is 21.0. The number of thiazole rings is 1. The van der Waals surface area contributed by atoms with E-state index in [-0.39, 0.29) is 12.0 Å². The Bertz CT molecular complexity index is 1000. The number of fused-ring (bicyclic) bond motifs is 1. The minimum absolute atomic E-state index is 0.0832. The van der Waals surface area contributed by atoms with Gasteiger partial charge in [0.05, 0.1) is 29.3 Å². The number of carbonyl (C=O) groups is 1. The lowest BCUT2D eigenvalue weighted by molar-refractivity contribution is -0.118. The van der Waals surface area contributed by atoms with Crippen molar-refractivity contribution in [2.75, 3.05) is 18.1 Å². The number of ether oxygens (including phenoxy) is 1. The Kier molecular flexibility index (Phi) is 6.49. The Morgan fingerprint density at radius 2 is 2.03 bits per heavy atom. The van der Waals surface area contributed by atoms with Crippen molar-refractivity contribution < 1.29 is 9.53 Å². The van der Waals surface area contributed by atoms with Crippen LogP contribution >= 0.6 is 11.3 Å².